The van der Waals surface area contributed by atoms with Crippen LogP contribution in [0.4, 0.5) is 20.6 Å². The normalized spacial score (nSPS) is 11.6. The van der Waals surface area contributed by atoms with E-state index in [9.17, 15) is 18.8 Å². The Bertz CT molecular complexity index is 1620. The number of aryl methyl sites for hydroxylation is 2. The van der Waals surface area contributed by atoms with Crippen LogP contribution in [-0.2, 0) is 14.3 Å². The SMILES string of the molecule is Cc1ccccc1C(=O)c1ccc(N(C(=O)OC(C)OC(=O)/C=C/c2ccccc2)c2ccc(F)cc2C)cc1Cl. The average Bonchev–Trinajstić information content (AvgIpc) is 2.94. The van der Waals surface area contributed by atoms with E-state index in [4.69, 9.17) is 21.1 Å². The van der Waals surface area contributed by atoms with Crippen LogP contribution in [0.3, 0.4) is 0 Å². The van der Waals surface area contributed by atoms with Crippen molar-refractivity contribution in [3.8, 4) is 0 Å². The molecule has 0 aromatic heterocycles. The third kappa shape index (κ3) is 7.26. The summed E-state index contributed by atoms with van der Waals surface area (Å²) in [5.74, 6) is -1.46. The first-order valence-corrected chi connectivity index (χ1v) is 13.1. The number of hydrogen-bond acceptors (Lipinski definition) is 5. The molecular formula is C33H27ClFNO5. The number of carbonyl (C=O) groups is 3. The Labute approximate surface area is 242 Å². The van der Waals surface area contributed by atoms with Gasteiger partial charge in [-0.1, -0.05) is 66.2 Å². The van der Waals surface area contributed by atoms with Crippen LogP contribution >= 0.6 is 11.6 Å². The Morgan fingerprint density at radius 3 is 2.22 bits per heavy atom. The zero-order chi connectivity index (χ0) is 29.5. The lowest BCUT2D eigenvalue weighted by atomic mass is 9.99. The standard InChI is InChI=1S/C33H27ClFNO5/c1-21-9-7-8-12-27(21)32(38)28-16-15-26(20-29(28)34)36(30-17-14-25(35)19-22(30)2)33(39)41-23(3)40-31(37)18-13-24-10-5-4-6-11-24/h4-20,23H,1-3H3/b18-13+. The zero-order valence-corrected chi connectivity index (χ0v) is 23.4. The summed E-state index contributed by atoms with van der Waals surface area (Å²) in [6, 6.07) is 24.7. The molecule has 0 fully saturated rings. The first kappa shape index (κ1) is 29.2. The van der Waals surface area contributed by atoms with Crippen LogP contribution in [0.5, 0.6) is 0 Å². The van der Waals surface area contributed by atoms with Gasteiger partial charge in [0.25, 0.3) is 0 Å². The minimum atomic E-state index is -1.25. The third-order valence-electron chi connectivity index (χ3n) is 6.19. The molecule has 0 bridgehead atoms. The highest BCUT2D eigenvalue weighted by atomic mass is 35.5. The van der Waals surface area contributed by atoms with E-state index in [1.54, 1.807) is 31.2 Å². The summed E-state index contributed by atoms with van der Waals surface area (Å²) >= 11 is 6.55. The number of carbonyl (C=O) groups excluding carboxylic acids is 3. The third-order valence-corrected chi connectivity index (χ3v) is 6.50. The molecule has 0 saturated heterocycles. The monoisotopic (exact) mass is 571 g/mol. The van der Waals surface area contributed by atoms with E-state index < -0.39 is 24.2 Å². The lowest BCUT2D eigenvalue weighted by molar-refractivity contribution is -0.158. The van der Waals surface area contributed by atoms with Crippen LogP contribution in [0, 0.1) is 19.7 Å². The van der Waals surface area contributed by atoms with Gasteiger partial charge in [-0.25, -0.2) is 18.9 Å². The van der Waals surface area contributed by atoms with Gasteiger partial charge in [-0.2, -0.15) is 0 Å². The number of hydrogen-bond donors (Lipinski definition) is 0. The van der Waals surface area contributed by atoms with Crippen LogP contribution < -0.4 is 4.90 Å². The summed E-state index contributed by atoms with van der Waals surface area (Å²) in [6.07, 6.45) is 0.649. The van der Waals surface area contributed by atoms with Gasteiger partial charge in [-0.3, -0.25) is 4.79 Å². The maximum Gasteiger partial charge on any atom is 0.422 e. The summed E-state index contributed by atoms with van der Waals surface area (Å²) < 4.78 is 24.6. The molecule has 1 atom stereocenters. The van der Waals surface area contributed by atoms with Crippen molar-refractivity contribution < 1.29 is 28.2 Å². The fourth-order valence-corrected chi connectivity index (χ4v) is 4.42. The van der Waals surface area contributed by atoms with Gasteiger partial charge in [-0.05, 0) is 73.0 Å². The van der Waals surface area contributed by atoms with Gasteiger partial charge >= 0.3 is 12.1 Å². The summed E-state index contributed by atoms with van der Waals surface area (Å²) in [5, 5.41) is 0.110. The second-order valence-electron chi connectivity index (χ2n) is 9.21. The van der Waals surface area contributed by atoms with Gasteiger partial charge < -0.3 is 9.47 Å². The Balaban J connectivity index is 1.59. The molecule has 0 N–H and O–H groups in total. The molecule has 41 heavy (non-hydrogen) atoms. The van der Waals surface area contributed by atoms with E-state index in [0.717, 1.165) is 11.1 Å². The molecule has 8 heteroatoms. The molecule has 4 aromatic rings. The van der Waals surface area contributed by atoms with Gasteiger partial charge in [0.05, 0.1) is 16.4 Å². The van der Waals surface area contributed by atoms with E-state index in [1.165, 1.54) is 48.2 Å². The maximum absolute atomic E-state index is 13.9. The smallest absolute Gasteiger partial charge is 0.422 e. The van der Waals surface area contributed by atoms with Crippen molar-refractivity contribution >= 4 is 46.9 Å². The second-order valence-corrected chi connectivity index (χ2v) is 9.61. The minimum Gasteiger partial charge on any atom is -0.422 e. The Kier molecular flexibility index (Phi) is 9.32. The number of nitrogens with zero attached hydrogens (tertiary/aromatic N) is 1. The Morgan fingerprint density at radius 2 is 1.54 bits per heavy atom. The molecule has 0 spiro atoms. The molecule has 0 heterocycles. The fraction of sp³-hybridized carbons (Fsp3) is 0.121. The number of rotatable bonds is 8. The molecule has 1 amide bonds. The van der Waals surface area contributed by atoms with E-state index in [-0.39, 0.29) is 22.1 Å². The highest BCUT2D eigenvalue weighted by Gasteiger charge is 2.26. The highest BCUT2D eigenvalue weighted by molar-refractivity contribution is 6.35. The Hall–Kier alpha value is -4.75. The average molecular weight is 572 g/mol. The number of benzene rings is 4. The zero-order valence-electron chi connectivity index (χ0n) is 22.6. The lowest BCUT2D eigenvalue weighted by Gasteiger charge is -2.26. The summed E-state index contributed by atoms with van der Waals surface area (Å²) in [7, 11) is 0. The number of esters is 1. The van der Waals surface area contributed by atoms with Crippen LogP contribution in [-0.4, -0.2) is 24.1 Å². The molecule has 0 aliphatic carbocycles. The van der Waals surface area contributed by atoms with Crippen molar-refractivity contribution in [3.63, 3.8) is 0 Å². The van der Waals surface area contributed by atoms with Crippen LogP contribution in [0.2, 0.25) is 5.02 Å². The summed E-state index contributed by atoms with van der Waals surface area (Å²) in [5.41, 5.74) is 3.37. The van der Waals surface area contributed by atoms with Gasteiger partial charge in [-0.15, -0.1) is 0 Å². The molecule has 4 rings (SSSR count). The molecule has 0 aliphatic heterocycles. The van der Waals surface area contributed by atoms with Crippen molar-refractivity contribution in [3.05, 3.63) is 136 Å². The molecular weight excluding hydrogens is 545 g/mol. The molecule has 0 aliphatic rings. The minimum absolute atomic E-state index is 0.110. The topological polar surface area (TPSA) is 72.9 Å². The van der Waals surface area contributed by atoms with E-state index in [2.05, 4.69) is 0 Å². The lowest BCUT2D eigenvalue weighted by Crippen LogP contribution is -2.32. The molecule has 208 valence electrons. The molecule has 4 aromatic carbocycles. The molecule has 0 saturated carbocycles. The molecule has 6 nitrogen and oxygen atoms in total. The highest BCUT2D eigenvalue weighted by Crippen LogP contribution is 2.34. The number of amides is 1. The van der Waals surface area contributed by atoms with Crippen molar-refractivity contribution in [1.29, 1.82) is 0 Å². The van der Waals surface area contributed by atoms with E-state index in [1.807, 2.05) is 49.4 Å². The number of halogens is 2. The Morgan fingerprint density at radius 1 is 0.829 bits per heavy atom. The number of ketones is 1. The van der Waals surface area contributed by atoms with Gasteiger partial charge in [0.1, 0.15) is 5.82 Å². The van der Waals surface area contributed by atoms with Crippen LogP contribution in [0.1, 0.15) is 39.5 Å². The van der Waals surface area contributed by atoms with Crippen LogP contribution in [0.25, 0.3) is 6.08 Å². The van der Waals surface area contributed by atoms with Crippen molar-refractivity contribution in [1.82, 2.24) is 0 Å². The predicted octanol–water partition coefficient (Wildman–Crippen LogP) is 8.20. The summed E-state index contributed by atoms with van der Waals surface area (Å²) in [6.45, 7) is 4.86. The fourth-order valence-electron chi connectivity index (χ4n) is 4.16. The second kappa shape index (κ2) is 13.1. The number of anilines is 2. The van der Waals surface area contributed by atoms with Crippen LogP contribution in [0.15, 0.2) is 97.1 Å². The van der Waals surface area contributed by atoms with Gasteiger partial charge in [0.15, 0.2) is 5.78 Å². The first-order chi connectivity index (χ1) is 19.6. The van der Waals surface area contributed by atoms with Crippen molar-refractivity contribution in [2.75, 3.05) is 4.90 Å². The maximum atomic E-state index is 13.9. The largest absolute Gasteiger partial charge is 0.422 e. The van der Waals surface area contributed by atoms with E-state index in [0.29, 0.717) is 16.8 Å². The molecule has 0 radical (unpaired) electrons. The molecule has 1 unspecified atom stereocenters. The van der Waals surface area contributed by atoms with Gasteiger partial charge in [0.2, 0.25) is 6.29 Å². The van der Waals surface area contributed by atoms with E-state index >= 15 is 0 Å². The summed E-state index contributed by atoms with van der Waals surface area (Å²) in [4.78, 5) is 40.1. The number of ether oxygens (including phenoxy) is 2. The van der Waals surface area contributed by atoms with Crippen molar-refractivity contribution in [2.45, 2.75) is 27.1 Å². The first-order valence-electron chi connectivity index (χ1n) is 12.7. The predicted molar refractivity (Wildman–Crippen MR) is 157 cm³/mol. The van der Waals surface area contributed by atoms with Gasteiger partial charge in [0, 0.05) is 24.1 Å². The van der Waals surface area contributed by atoms with Crippen molar-refractivity contribution in [2.24, 2.45) is 0 Å². The quantitative estimate of drug-likeness (QED) is 0.0922.